The molecule has 1 aromatic heterocycles. The summed E-state index contributed by atoms with van der Waals surface area (Å²) in [7, 11) is -2.21. The van der Waals surface area contributed by atoms with Crippen molar-refractivity contribution in [3.63, 3.8) is 0 Å². The summed E-state index contributed by atoms with van der Waals surface area (Å²) in [5.41, 5.74) is 0.912. The first-order valence-electron chi connectivity index (χ1n) is 9.16. The van der Waals surface area contributed by atoms with Gasteiger partial charge in [-0.05, 0) is 48.5 Å². The first-order valence-corrected chi connectivity index (χ1v) is 10.7. The van der Waals surface area contributed by atoms with Crippen LogP contribution in [0.25, 0.3) is 0 Å². The lowest BCUT2D eigenvalue weighted by Gasteiger charge is -2.13. The second kappa shape index (κ2) is 9.92. The largest absolute Gasteiger partial charge is 0.495 e. The van der Waals surface area contributed by atoms with Crippen LogP contribution in [0.2, 0.25) is 0 Å². The van der Waals surface area contributed by atoms with E-state index in [0.717, 1.165) is 0 Å². The second-order valence-electron chi connectivity index (χ2n) is 6.23. The number of aromatic nitrogens is 1. The molecule has 0 spiro atoms. The summed E-state index contributed by atoms with van der Waals surface area (Å²) in [6.07, 6.45) is 1.56. The Kier molecular flexibility index (Phi) is 7.06. The van der Waals surface area contributed by atoms with E-state index in [9.17, 15) is 13.2 Å². The number of carbonyl (C=O) groups excluding carboxylic acids is 1. The summed E-state index contributed by atoms with van der Waals surface area (Å²) in [6.45, 7) is 0.0642. The number of rotatable bonds is 9. The molecule has 3 rings (SSSR count). The highest BCUT2D eigenvalue weighted by atomic mass is 32.2. The average Bonchev–Trinajstić information content (AvgIpc) is 2.77. The molecule has 0 aliphatic carbocycles. The van der Waals surface area contributed by atoms with E-state index >= 15 is 0 Å². The molecule has 162 valence electrons. The van der Waals surface area contributed by atoms with Gasteiger partial charge >= 0.3 is 5.97 Å². The summed E-state index contributed by atoms with van der Waals surface area (Å²) in [5, 5.41) is 8.13. The Morgan fingerprint density at radius 2 is 1.77 bits per heavy atom. The minimum Gasteiger partial charge on any atom is -0.495 e. The number of primary sulfonamides is 1. The molecule has 0 amide bonds. The molecule has 9 nitrogen and oxygen atoms in total. The Bertz CT molecular complexity index is 1150. The molecule has 0 aliphatic rings. The lowest BCUT2D eigenvalue weighted by atomic mass is 10.2. The van der Waals surface area contributed by atoms with Crippen LogP contribution in [0.1, 0.15) is 10.4 Å². The number of ether oxygens (including phenoxy) is 3. The maximum atomic E-state index is 12.5. The van der Waals surface area contributed by atoms with E-state index in [4.69, 9.17) is 19.3 Å². The standard InChI is InChI=1S/C21H21N3O6S/c1-28-19-7-3-2-6-18(19)24-20-17(5-4-12-23-20)21(25)30-14-13-29-15-8-10-16(11-9-15)31(22,26)27/h2-12H,13-14H2,1H3,(H,23,24)(H2,22,26,27). The van der Waals surface area contributed by atoms with Crippen molar-refractivity contribution in [2.45, 2.75) is 4.90 Å². The Labute approximate surface area is 179 Å². The number of para-hydroxylation sites is 2. The van der Waals surface area contributed by atoms with Gasteiger partial charge in [0.05, 0.1) is 17.7 Å². The van der Waals surface area contributed by atoms with Crippen molar-refractivity contribution in [2.75, 3.05) is 25.6 Å². The molecule has 0 saturated carbocycles. The van der Waals surface area contributed by atoms with E-state index < -0.39 is 16.0 Å². The number of nitrogens with two attached hydrogens (primary N) is 1. The third-order valence-electron chi connectivity index (χ3n) is 4.13. The number of nitrogens with zero attached hydrogens (tertiary/aromatic N) is 1. The number of pyridine rings is 1. The molecule has 31 heavy (non-hydrogen) atoms. The van der Waals surface area contributed by atoms with Gasteiger partial charge in [-0.15, -0.1) is 0 Å². The number of methoxy groups -OCH3 is 1. The van der Waals surface area contributed by atoms with Crippen LogP contribution in [-0.4, -0.2) is 39.7 Å². The van der Waals surface area contributed by atoms with Crippen LogP contribution in [0.4, 0.5) is 11.5 Å². The van der Waals surface area contributed by atoms with Crippen molar-refractivity contribution in [1.29, 1.82) is 0 Å². The SMILES string of the molecule is COc1ccccc1Nc1ncccc1C(=O)OCCOc1ccc(S(N)(=O)=O)cc1. The number of hydrogen-bond donors (Lipinski definition) is 2. The second-order valence-corrected chi connectivity index (χ2v) is 7.79. The van der Waals surface area contributed by atoms with Gasteiger partial charge in [0, 0.05) is 6.20 Å². The van der Waals surface area contributed by atoms with Crippen LogP contribution in [0, 0.1) is 0 Å². The maximum absolute atomic E-state index is 12.5. The fourth-order valence-electron chi connectivity index (χ4n) is 2.64. The van der Waals surface area contributed by atoms with E-state index in [2.05, 4.69) is 10.3 Å². The summed E-state index contributed by atoms with van der Waals surface area (Å²) in [6, 6.07) is 16.1. The molecule has 3 aromatic rings. The Balaban J connectivity index is 1.57. The van der Waals surface area contributed by atoms with Gasteiger partial charge in [0.25, 0.3) is 0 Å². The van der Waals surface area contributed by atoms with E-state index in [1.807, 2.05) is 12.1 Å². The van der Waals surface area contributed by atoms with Gasteiger partial charge in [0.15, 0.2) is 0 Å². The third-order valence-corrected chi connectivity index (χ3v) is 5.05. The molecule has 10 heteroatoms. The summed E-state index contributed by atoms with van der Waals surface area (Å²) in [4.78, 5) is 16.7. The third kappa shape index (κ3) is 5.93. The average molecular weight is 443 g/mol. The lowest BCUT2D eigenvalue weighted by molar-refractivity contribution is 0.0451. The van der Waals surface area contributed by atoms with Gasteiger partial charge in [-0.1, -0.05) is 12.1 Å². The fourth-order valence-corrected chi connectivity index (χ4v) is 3.16. The molecule has 0 atom stereocenters. The molecule has 2 aromatic carbocycles. The van der Waals surface area contributed by atoms with E-state index in [-0.39, 0.29) is 23.7 Å². The van der Waals surface area contributed by atoms with Gasteiger partial charge in [-0.25, -0.2) is 23.3 Å². The van der Waals surface area contributed by atoms with Crippen molar-refractivity contribution >= 4 is 27.5 Å². The molecule has 0 radical (unpaired) electrons. The molecule has 0 saturated heterocycles. The smallest absolute Gasteiger partial charge is 0.342 e. The molecule has 0 bridgehead atoms. The Morgan fingerprint density at radius 1 is 1.03 bits per heavy atom. The number of esters is 1. The highest BCUT2D eigenvalue weighted by Crippen LogP contribution is 2.27. The molecule has 0 fully saturated rings. The topological polar surface area (TPSA) is 130 Å². The summed E-state index contributed by atoms with van der Waals surface area (Å²) >= 11 is 0. The van der Waals surface area contributed by atoms with Crippen molar-refractivity contribution in [1.82, 2.24) is 4.98 Å². The van der Waals surface area contributed by atoms with Crippen LogP contribution >= 0.6 is 0 Å². The summed E-state index contributed by atoms with van der Waals surface area (Å²) in [5.74, 6) is 0.785. The van der Waals surface area contributed by atoms with Gasteiger partial charge in [-0.3, -0.25) is 0 Å². The predicted octanol–water partition coefficient (Wildman–Crippen LogP) is 2.72. The minimum atomic E-state index is -3.76. The molecule has 0 unspecified atom stereocenters. The molecule has 0 aliphatic heterocycles. The fraction of sp³-hybridized carbons (Fsp3) is 0.143. The number of benzene rings is 2. The van der Waals surface area contributed by atoms with Crippen molar-refractivity contribution in [3.05, 3.63) is 72.4 Å². The van der Waals surface area contributed by atoms with Crippen LogP contribution in [0.15, 0.2) is 71.8 Å². The van der Waals surface area contributed by atoms with Crippen molar-refractivity contribution in [3.8, 4) is 11.5 Å². The zero-order valence-corrected chi connectivity index (χ0v) is 17.5. The van der Waals surface area contributed by atoms with Gasteiger partial charge in [0.2, 0.25) is 10.0 Å². The minimum absolute atomic E-state index is 0.0151. The number of nitrogens with one attached hydrogen (secondary N) is 1. The van der Waals surface area contributed by atoms with Gasteiger partial charge in [0.1, 0.15) is 36.1 Å². The van der Waals surface area contributed by atoms with Crippen LogP contribution in [-0.2, 0) is 14.8 Å². The van der Waals surface area contributed by atoms with Crippen LogP contribution in [0.3, 0.4) is 0 Å². The van der Waals surface area contributed by atoms with Crippen LogP contribution in [0.5, 0.6) is 11.5 Å². The number of hydrogen-bond acceptors (Lipinski definition) is 8. The first-order chi connectivity index (χ1) is 14.9. The van der Waals surface area contributed by atoms with Crippen molar-refractivity contribution in [2.24, 2.45) is 5.14 Å². The molecule has 3 N–H and O–H groups in total. The zero-order chi connectivity index (χ0) is 22.3. The molecule has 1 heterocycles. The van der Waals surface area contributed by atoms with Gasteiger partial charge in [-0.2, -0.15) is 0 Å². The van der Waals surface area contributed by atoms with E-state index in [0.29, 0.717) is 23.0 Å². The Morgan fingerprint density at radius 3 is 2.48 bits per heavy atom. The zero-order valence-electron chi connectivity index (χ0n) is 16.6. The predicted molar refractivity (Wildman–Crippen MR) is 114 cm³/mol. The first kappa shape index (κ1) is 22.1. The maximum Gasteiger partial charge on any atom is 0.342 e. The monoisotopic (exact) mass is 443 g/mol. The highest BCUT2D eigenvalue weighted by molar-refractivity contribution is 7.89. The number of sulfonamides is 1. The quantitative estimate of drug-likeness (QED) is 0.381. The Hall–Kier alpha value is -3.63. The van der Waals surface area contributed by atoms with E-state index in [1.165, 1.54) is 24.3 Å². The summed E-state index contributed by atoms with van der Waals surface area (Å²) < 4.78 is 38.5. The van der Waals surface area contributed by atoms with Crippen molar-refractivity contribution < 1.29 is 27.4 Å². The highest BCUT2D eigenvalue weighted by Gasteiger charge is 2.15. The van der Waals surface area contributed by atoms with Gasteiger partial charge < -0.3 is 19.5 Å². The van der Waals surface area contributed by atoms with Crippen LogP contribution < -0.4 is 19.9 Å². The molecular formula is C21H21N3O6S. The molecular weight excluding hydrogens is 422 g/mol. The number of anilines is 2. The lowest BCUT2D eigenvalue weighted by Crippen LogP contribution is -2.14. The number of carbonyl (C=O) groups is 1. The normalized spacial score (nSPS) is 10.9. The van der Waals surface area contributed by atoms with E-state index in [1.54, 1.807) is 37.6 Å².